The van der Waals surface area contributed by atoms with E-state index in [1.165, 1.54) is 18.2 Å². The predicted molar refractivity (Wildman–Crippen MR) is 81.1 cm³/mol. The van der Waals surface area contributed by atoms with Crippen LogP contribution in [0.2, 0.25) is 0 Å². The van der Waals surface area contributed by atoms with E-state index in [0.29, 0.717) is 12.3 Å². The summed E-state index contributed by atoms with van der Waals surface area (Å²) >= 11 is 0. The summed E-state index contributed by atoms with van der Waals surface area (Å²) in [4.78, 5) is 4.16. The molecule has 1 rings (SSSR count). The summed E-state index contributed by atoms with van der Waals surface area (Å²) in [6.45, 7) is 4.05. The Hall–Kier alpha value is -1.99. The molecule has 23 heavy (non-hydrogen) atoms. The average Bonchev–Trinajstić information content (AvgIpc) is 2.43. The molecule has 0 saturated heterocycles. The van der Waals surface area contributed by atoms with Crippen LogP contribution in [0, 0.1) is 5.82 Å². The standard InChI is InChI=1S/C15H21F4N3O/c1-3-20-14(21-8-7-15(17,18)19)22-10-11(2)23-13-6-4-5-12(16)9-13/h4-6,9,11H,3,7-8,10H2,1-2H3,(H2,20,21,22). The summed E-state index contributed by atoms with van der Waals surface area (Å²) in [5.41, 5.74) is 0. The number of alkyl halides is 3. The zero-order chi connectivity index (χ0) is 17.3. The Kier molecular flexibility index (Phi) is 7.64. The summed E-state index contributed by atoms with van der Waals surface area (Å²) in [6, 6.07) is 5.72. The van der Waals surface area contributed by atoms with E-state index in [4.69, 9.17) is 4.74 Å². The first-order chi connectivity index (χ1) is 10.8. The number of benzene rings is 1. The Morgan fingerprint density at radius 3 is 2.65 bits per heavy atom. The van der Waals surface area contributed by atoms with Crippen LogP contribution < -0.4 is 15.4 Å². The highest BCUT2D eigenvalue weighted by atomic mass is 19.4. The van der Waals surface area contributed by atoms with Crippen molar-refractivity contribution in [3.05, 3.63) is 30.1 Å². The summed E-state index contributed by atoms with van der Waals surface area (Å²) in [5, 5.41) is 5.46. The smallest absolute Gasteiger partial charge is 0.390 e. The Labute approximate surface area is 132 Å². The molecule has 1 atom stereocenters. The van der Waals surface area contributed by atoms with Crippen LogP contribution in [0.5, 0.6) is 5.75 Å². The first-order valence-electron chi connectivity index (χ1n) is 7.31. The quantitative estimate of drug-likeness (QED) is 0.457. The van der Waals surface area contributed by atoms with Gasteiger partial charge in [0, 0.05) is 19.2 Å². The van der Waals surface area contributed by atoms with E-state index in [0.717, 1.165) is 0 Å². The van der Waals surface area contributed by atoms with Gasteiger partial charge in [0.2, 0.25) is 0 Å². The van der Waals surface area contributed by atoms with Crippen molar-refractivity contribution >= 4 is 5.96 Å². The van der Waals surface area contributed by atoms with Gasteiger partial charge >= 0.3 is 6.18 Å². The minimum Gasteiger partial charge on any atom is -0.489 e. The molecule has 0 saturated carbocycles. The van der Waals surface area contributed by atoms with Crippen LogP contribution in [0.1, 0.15) is 20.3 Å². The number of halogens is 4. The summed E-state index contributed by atoms with van der Waals surface area (Å²) in [5.74, 6) is 0.259. The highest BCUT2D eigenvalue weighted by Gasteiger charge is 2.26. The van der Waals surface area contributed by atoms with Gasteiger partial charge in [-0.05, 0) is 26.0 Å². The predicted octanol–water partition coefficient (Wildman–Crippen LogP) is 3.10. The number of ether oxygens (including phenoxy) is 1. The van der Waals surface area contributed by atoms with Gasteiger partial charge in [0.15, 0.2) is 5.96 Å². The molecule has 0 spiro atoms. The third kappa shape index (κ3) is 8.90. The normalized spacial score (nSPS) is 13.6. The molecule has 0 aliphatic heterocycles. The lowest BCUT2D eigenvalue weighted by molar-refractivity contribution is -0.132. The molecule has 4 nitrogen and oxygen atoms in total. The second-order valence-corrected chi connectivity index (χ2v) is 4.90. The highest BCUT2D eigenvalue weighted by Crippen LogP contribution is 2.18. The van der Waals surface area contributed by atoms with Gasteiger partial charge in [0.05, 0.1) is 13.0 Å². The minimum atomic E-state index is -4.21. The molecule has 0 aliphatic rings. The fraction of sp³-hybridized carbons (Fsp3) is 0.533. The van der Waals surface area contributed by atoms with E-state index in [1.807, 2.05) is 6.92 Å². The zero-order valence-electron chi connectivity index (χ0n) is 13.1. The average molecular weight is 335 g/mol. The van der Waals surface area contributed by atoms with Gasteiger partial charge in [0.1, 0.15) is 17.7 Å². The summed E-state index contributed by atoms with van der Waals surface area (Å²) in [6.07, 6.45) is -5.50. The molecule has 2 N–H and O–H groups in total. The van der Waals surface area contributed by atoms with E-state index in [1.54, 1.807) is 13.0 Å². The molecule has 0 bridgehead atoms. The van der Waals surface area contributed by atoms with E-state index in [-0.39, 0.29) is 25.2 Å². The first kappa shape index (κ1) is 19.1. The van der Waals surface area contributed by atoms with E-state index in [9.17, 15) is 17.6 Å². The topological polar surface area (TPSA) is 45.7 Å². The molecule has 1 unspecified atom stereocenters. The lowest BCUT2D eigenvalue weighted by Gasteiger charge is -2.15. The molecule has 130 valence electrons. The van der Waals surface area contributed by atoms with Gasteiger partial charge in [-0.2, -0.15) is 13.2 Å². The SMILES string of the molecule is CCNC(=NCC(C)Oc1cccc(F)c1)NCCC(F)(F)F. The lowest BCUT2D eigenvalue weighted by Crippen LogP contribution is -2.39. The molecule has 0 aliphatic carbocycles. The third-order valence-electron chi connectivity index (χ3n) is 2.69. The Balaban J connectivity index is 2.48. The van der Waals surface area contributed by atoms with E-state index in [2.05, 4.69) is 15.6 Å². The van der Waals surface area contributed by atoms with Crippen molar-refractivity contribution in [2.45, 2.75) is 32.5 Å². The number of nitrogens with zero attached hydrogens (tertiary/aromatic N) is 1. The molecule has 0 radical (unpaired) electrons. The van der Waals surface area contributed by atoms with Crippen molar-refractivity contribution < 1.29 is 22.3 Å². The van der Waals surface area contributed by atoms with E-state index >= 15 is 0 Å². The summed E-state index contributed by atoms with van der Waals surface area (Å²) < 4.78 is 54.9. The molecule has 0 heterocycles. The second kappa shape index (κ2) is 9.22. The van der Waals surface area contributed by atoms with Gasteiger partial charge in [-0.25, -0.2) is 9.38 Å². The fourth-order valence-electron chi connectivity index (χ4n) is 1.69. The highest BCUT2D eigenvalue weighted by molar-refractivity contribution is 5.79. The number of hydrogen-bond donors (Lipinski definition) is 2. The van der Waals surface area contributed by atoms with Gasteiger partial charge in [-0.3, -0.25) is 0 Å². The van der Waals surface area contributed by atoms with Crippen LogP contribution in [-0.4, -0.2) is 37.9 Å². The maximum absolute atomic E-state index is 13.0. The van der Waals surface area contributed by atoms with Crippen molar-refractivity contribution in [2.24, 2.45) is 4.99 Å². The third-order valence-corrected chi connectivity index (χ3v) is 2.69. The molecular formula is C15H21F4N3O. The molecule has 1 aromatic carbocycles. The number of hydrogen-bond acceptors (Lipinski definition) is 2. The number of guanidine groups is 1. The van der Waals surface area contributed by atoms with Crippen molar-refractivity contribution in [3.8, 4) is 5.75 Å². The zero-order valence-corrected chi connectivity index (χ0v) is 13.1. The Morgan fingerprint density at radius 1 is 1.30 bits per heavy atom. The van der Waals surface area contributed by atoms with Crippen molar-refractivity contribution in [2.75, 3.05) is 19.6 Å². The van der Waals surface area contributed by atoms with Crippen molar-refractivity contribution in [1.29, 1.82) is 0 Å². The van der Waals surface area contributed by atoms with Crippen LogP contribution in [0.4, 0.5) is 17.6 Å². The van der Waals surface area contributed by atoms with Crippen LogP contribution in [-0.2, 0) is 0 Å². The van der Waals surface area contributed by atoms with Crippen molar-refractivity contribution in [3.63, 3.8) is 0 Å². The van der Waals surface area contributed by atoms with Crippen LogP contribution >= 0.6 is 0 Å². The van der Waals surface area contributed by atoms with Crippen LogP contribution in [0.25, 0.3) is 0 Å². The lowest BCUT2D eigenvalue weighted by atomic mass is 10.3. The van der Waals surface area contributed by atoms with E-state index < -0.39 is 18.4 Å². The van der Waals surface area contributed by atoms with Gasteiger partial charge in [0.25, 0.3) is 0 Å². The Bertz CT molecular complexity index is 506. The maximum atomic E-state index is 13.0. The second-order valence-electron chi connectivity index (χ2n) is 4.90. The first-order valence-corrected chi connectivity index (χ1v) is 7.31. The molecule has 0 fully saturated rings. The van der Waals surface area contributed by atoms with Crippen LogP contribution in [0.15, 0.2) is 29.3 Å². The minimum absolute atomic E-state index is 0.220. The number of nitrogens with one attached hydrogen (secondary N) is 2. The van der Waals surface area contributed by atoms with Gasteiger partial charge < -0.3 is 15.4 Å². The summed E-state index contributed by atoms with van der Waals surface area (Å²) in [7, 11) is 0. The number of rotatable bonds is 7. The monoisotopic (exact) mass is 335 g/mol. The largest absolute Gasteiger partial charge is 0.489 e. The molecule has 8 heteroatoms. The van der Waals surface area contributed by atoms with Gasteiger partial charge in [-0.15, -0.1) is 0 Å². The fourth-order valence-corrected chi connectivity index (χ4v) is 1.69. The maximum Gasteiger partial charge on any atom is 0.390 e. The molecule has 1 aromatic rings. The molecule has 0 aromatic heterocycles. The Morgan fingerprint density at radius 2 is 2.04 bits per heavy atom. The van der Waals surface area contributed by atoms with Crippen molar-refractivity contribution in [1.82, 2.24) is 10.6 Å². The van der Waals surface area contributed by atoms with Crippen LogP contribution in [0.3, 0.4) is 0 Å². The molecule has 0 amide bonds. The van der Waals surface area contributed by atoms with Gasteiger partial charge in [-0.1, -0.05) is 6.07 Å². The number of aliphatic imine (C=N–C) groups is 1. The molecular weight excluding hydrogens is 314 g/mol.